The lowest BCUT2D eigenvalue weighted by molar-refractivity contribution is 0.0726. The van der Waals surface area contributed by atoms with Crippen molar-refractivity contribution in [2.24, 2.45) is 5.92 Å². The molecule has 3 rings (SSSR count). The number of nitrogens with zero attached hydrogens (tertiary/aromatic N) is 2. The lowest BCUT2D eigenvalue weighted by atomic mass is 10.0. The first-order valence-corrected chi connectivity index (χ1v) is 10.9. The van der Waals surface area contributed by atoms with E-state index in [1.165, 1.54) is 0 Å². The number of hydrogen-bond acceptors (Lipinski definition) is 4. The Hall–Kier alpha value is -1.95. The maximum absolute atomic E-state index is 12.8. The normalized spacial score (nSPS) is 16.4. The Morgan fingerprint density at radius 2 is 1.92 bits per heavy atom. The van der Waals surface area contributed by atoms with Gasteiger partial charge in [0.25, 0.3) is 5.91 Å². The minimum absolute atomic E-state index is 0.0325. The standard InChI is InChI=1S/C20H26N2O3S/c1-14(2)13-26(24,25)17-7-10-22(11-8-17)20(23)16-4-5-19-18(12-16)15(3)6-9-21-19/h4-6,9,12,14,17H,7-8,10-11,13H2,1-3H3. The van der Waals surface area contributed by atoms with Crippen LogP contribution in [-0.2, 0) is 9.84 Å². The number of piperidine rings is 1. The maximum Gasteiger partial charge on any atom is 0.253 e. The summed E-state index contributed by atoms with van der Waals surface area (Å²) in [7, 11) is -3.08. The number of sulfone groups is 1. The second-order valence-corrected chi connectivity index (χ2v) is 9.90. The van der Waals surface area contributed by atoms with Crippen LogP contribution in [0.25, 0.3) is 10.9 Å². The van der Waals surface area contributed by atoms with Crippen LogP contribution in [0.1, 0.15) is 42.6 Å². The van der Waals surface area contributed by atoms with E-state index in [0.29, 0.717) is 31.5 Å². The van der Waals surface area contributed by atoms with Crippen molar-refractivity contribution < 1.29 is 13.2 Å². The average Bonchev–Trinajstić information content (AvgIpc) is 2.60. The van der Waals surface area contributed by atoms with Crippen LogP contribution in [-0.4, -0.2) is 48.3 Å². The summed E-state index contributed by atoms with van der Waals surface area (Å²) in [6.45, 7) is 6.83. The van der Waals surface area contributed by atoms with Gasteiger partial charge in [-0.05, 0) is 55.5 Å². The lowest BCUT2D eigenvalue weighted by Crippen LogP contribution is -2.43. The number of aromatic nitrogens is 1. The number of carbonyl (C=O) groups excluding carboxylic acids is 1. The third kappa shape index (κ3) is 3.90. The van der Waals surface area contributed by atoms with E-state index in [1.54, 1.807) is 17.2 Å². The Labute approximate surface area is 155 Å². The molecule has 1 fully saturated rings. The Bertz CT molecular complexity index is 914. The highest BCUT2D eigenvalue weighted by Crippen LogP contribution is 2.23. The number of amides is 1. The molecule has 140 valence electrons. The van der Waals surface area contributed by atoms with E-state index in [4.69, 9.17) is 0 Å². The molecule has 0 bridgehead atoms. The summed E-state index contributed by atoms with van der Waals surface area (Å²) in [5.41, 5.74) is 2.60. The van der Waals surface area contributed by atoms with Crippen molar-refractivity contribution in [3.05, 3.63) is 41.6 Å². The zero-order valence-corrected chi connectivity index (χ0v) is 16.4. The molecule has 0 aliphatic carbocycles. The Morgan fingerprint density at radius 3 is 2.58 bits per heavy atom. The summed E-state index contributed by atoms with van der Waals surface area (Å²) >= 11 is 0. The summed E-state index contributed by atoms with van der Waals surface area (Å²) in [4.78, 5) is 18.9. The maximum atomic E-state index is 12.8. The van der Waals surface area contributed by atoms with Crippen molar-refractivity contribution in [2.75, 3.05) is 18.8 Å². The second-order valence-electron chi connectivity index (χ2n) is 7.57. The van der Waals surface area contributed by atoms with Crippen molar-refractivity contribution >= 4 is 26.6 Å². The van der Waals surface area contributed by atoms with Crippen molar-refractivity contribution in [3.63, 3.8) is 0 Å². The molecule has 0 saturated carbocycles. The van der Waals surface area contributed by atoms with Gasteiger partial charge in [-0.3, -0.25) is 9.78 Å². The molecule has 0 N–H and O–H groups in total. The summed E-state index contributed by atoms with van der Waals surface area (Å²) in [6.07, 6.45) is 2.81. The molecule has 6 heteroatoms. The minimum atomic E-state index is -3.08. The van der Waals surface area contributed by atoms with E-state index in [2.05, 4.69) is 4.98 Å². The first kappa shape index (κ1) is 18.8. The molecular formula is C20H26N2O3S. The molecule has 1 amide bonds. The van der Waals surface area contributed by atoms with E-state index < -0.39 is 9.84 Å². The molecule has 1 aromatic carbocycles. The van der Waals surface area contributed by atoms with Gasteiger partial charge in [0.2, 0.25) is 0 Å². The number of aryl methyl sites for hydroxylation is 1. The molecule has 26 heavy (non-hydrogen) atoms. The highest BCUT2D eigenvalue weighted by molar-refractivity contribution is 7.92. The molecule has 0 spiro atoms. The highest BCUT2D eigenvalue weighted by atomic mass is 32.2. The van der Waals surface area contributed by atoms with Gasteiger partial charge in [-0.2, -0.15) is 0 Å². The number of hydrogen-bond donors (Lipinski definition) is 0. The zero-order chi connectivity index (χ0) is 18.9. The Morgan fingerprint density at radius 1 is 1.23 bits per heavy atom. The van der Waals surface area contributed by atoms with Gasteiger partial charge in [0.05, 0.1) is 16.5 Å². The predicted octanol–water partition coefficient (Wildman–Crippen LogP) is 3.22. The van der Waals surface area contributed by atoms with Crippen LogP contribution in [0.2, 0.25) is 0 Å². The molecule has 1 aliphatic rings. The number of likely N-dealkylation sites (tertiary alicyclic amines) is 1. The van der Waals surface area contributed by atoms with E-state index in [-0.39, 0.29) is 22.8 Å². The van der Waals surface area contributed by atoms with Gasteiger partial charge in [-0.1, -0.05) is 13.8 Å². The molecule has 0 radical (unpaired) electrons. The molecule has 2 aromatic rings. The van der Waals surface area contributed by atoms with Crippen LogP contribution < -0.4 is 0 Å². The van der Waals surface area contributed by atoms with Crippen LogP contribution in [0.4, 0.5) is 0 Å². The minimum Gasteiger partial charge on any atom is -0.339 e. The quantitative estimate of drug-likeness (QED) is 0.824. The third-order valence-corrected chi connectivity index (χ3v) is 7.63. The predicted molar refractivity (Wildman–Crippen MR) is 104 cm³/mol. The Kier molecular flexibility index (Phi) is 5.32. The van der Waals surface area contributed by atoms with Gasteiger partial charge in [-0.25, -0.2) is 8.42 Å². The largest absolute Gasteiger partial charge is 0.339 e. The van der Waals surface area contributed by atoms with Crippen LogP contribution in [0.3, 0.4) is 0 Å². The highest BCUT2D eigenvalue weighted by Gasteiger charge is 2.32. The van der Waals surface area contributed by atoms with E-state index in [0.717, 1.165) is 16.5 Å². The lowest BCUT2D eigenvalue weighted by Gasteiger charge is -2.32. The molecule has 2 heterocycles. The first-order chi connectivity index (χ1) is 12.3. The van der Waals surface area contributed by atoms with Crippen molar-refractivity contribution in [1.29, 1.82) is 0 Å². The summed E-state index contributed by atoms with van der Waals surface area (Å²) in [5.74, 6) is 0.326. The van der Waals surface area contributed by atoms with Gasteiger partial charge in [-0.15, -0.1) is 0 Å². The summed E-state index contributed by atoms with van der Waals surface area (Å²) in [5, 5.41) is 0.657. The van der Waals surface area contributed by atoms with Crippen molar-refractivity contribution in [2.45, 2.75) is 38.9 Å². The first-order valence-electron chi connectivity index (χ1n) is 9.14. The zero-order valence-electron chi connectivity index (χ0n) is 15.6. The SMILES string of the molecule is Cc1ccnc2ccc(C(=O)N3CCC(S(=O)(=O)CC(C)C)CC3)cc12. The van der Waals surface area contributed by atoms with Crippen LogP contribution in [0.5, 0.6) is 0 Å². The number of benzene rings is 1. The fourth-order valence-electron chi connectivity index (χ4n) is 3.62. The average molecular weight is 375 g/mol. The molecule has 0 unspecified atom stereocenters. The molecule has 1 saturated heterocycles. The van der Waals surface area contributed by atoms with Gasteiger partial charge in [0.1, 0.15) is 0 Å². The number of rotatable bonds is 4. The monoisotopic (exact) mass is 374 g/mol. The van der Waals surface area contributed by atoms with Gasteiger partial charge in [0, 0.05) is 30.2 Å². The second kappa shape index (κ2) is 7.35. The molecular weight excluding hydrogens is 348 g/mol. The van der Waals surface area contributed by atoms with Gasteiger partial charge >= 0.3 is 0 Å². The van der Waals surface area contributed by atoms with Crippen molar-refractivity contribution in [1.82, 2.24) is 9.88 Å². The topological polar surface area (TPSA) is 67.3 Å². The Balaban J connectivity index is 1.72. The molecule has 1 aliphatic heterocycles. The van der Waals surface area contributed by atoms with Crippen LogP contribution in [0.15, 0.2) is 30.5 Å². The fraction of sp³-hybridized carbons (Fsp3) is 0.500. The van der Waals surface area contributed by atoms with E-state index >= 15 is 0 Å². The van der Waals surface area contributed by atoms with Gasteiger partial charge in [0.15, 0.2) is 9.84 Å². The number of fused-ring (bicyclic) bond motifs is 1. The fourth-order valence-corrected chi connectivity index (χ4v) is 5.75. The van der Waals surface area contributed by atoms with E-state index in [1.807, 2.05) is 39.0 Å². The van der Waals surface area contributed by atoms with E-state index in [9.17, 15) is 13.2 Å². The van der Waals surface area contributed by atoms with Crippen molar-refractivity contribution in [3.8, 4) is 0 Å². The third-order valence-electron chi connectivity index (χ3n) is 5.01. The number of pyridine rings is 1. The number of carbonyl (C=O) groups is 1. The molecule has 0 atom stereocenters. The smallest absolute Gasteiger partial charge is 0.253 e. The molecule has 1 aromatic heterocycles. The molecule has 5 nitrogen and oxygen atoms in total. The van der Waals surface area contributed by atoms with Gasteiger partial charge < -0.3 is 4.90 Å². The van der Waals surface area contributed by atoms with Crippen LogP contribution >= 0.6 is 0 Å². The summed E-state index contributed by atoms with van der Waals surface area (Å²) < 4.78 is 24.8. The van der Waals surface area contributed by atoms with Crippen LogP contribution in [0, 0.1) is 12.8 Å². The summed E-state index contributed by atoms with van der Waals surface area (Å²) in [6, 6.07) is 7.50.